The van der Waals surface area contributed by atoms with Crippen LogP contribution < -0.4 is 75.0 Å². The summed E-state index contributed by atoms with van der Waals surface area (Å²) in [5, 5.41) is 1.93. The molecule has 0 atom stereocenters. The molecule has 3 aromatic carbocycles. The van der Waals surface area contributed by atoms with Gasteiger partial charge in [-0.15, -0.1) is 0 Å². The zero-order chi connectivity index (χ0) is 23.0. The molecule has 0 unspecified atom stereocenters. The molecular formula is C22H21Na2O6PS2. The van der Waals surface area contributed by atoms with Crippen LogP contribution in [-0.4, -0.2) is 25.9 Å². The van der Waals surface area contributed by atoms with Crippen LogP contribution in [0.5, 0.6) is 0 Å². The van der Waals surface area contributed by atoms with E-state index in [1.54, 1.807) is 12.1 Å². The van der Waals surface area contributed by atoms with Gasteiger partial charge in [0.1, 0.15) is 20.2 Å². The van der Waals surface area contributed by atoms with Crippen molar-refractivity contribution in [2.45, 2.75) is 36.0 Å². The third-order valence-electron chi connectivity index (χ3n) is 4.72. The molecule has 0 bridgehead atoms. The van der Waals surface area contributed by atoms with Gasteiger partial charge in [-0.2, -0.15) is 0 Å². The van der Waals surface area contributed by atoms with Crippen LogP contribution in [0.1, 0.15) is 26.3 Å². The summed E-state index contributed by atoms with van der Waals surface area (Å²) in [6.07, 6.45) is 0. The number of benzene rings is 3. The predicted octanol–water partition coefficient (Wildman–Crippen LogP) is -3.44. The van der Waals surface area contributed by atoms with Crippen LogP contribution >= 0.6 is 7.92 Å². The first-order valence-corrected chi connectivity index (χ1v) is 13.5. The van der Waals surface area contributed by atoms with E-state index in [2.05, 4.69) is 20.8 Å². The van der Waals surface area contributed by atoms with Crippen LogP contribution in [0, 0.1) is 0 Å². The molecule has 0 amide bonds. The van der Waals surface area contributed by atoms with E-state index in [0.29, 0.717) is 10.6 Å². The van der Waals surface area contributed by atoms with Crippen LogP contribution in [0.15, 0.2) is 82.6 Å². The molecular weight excluding hydrogens is 501 g/mol. The SMILES string of the molecule is CC(C)(C)c1ccc(P(c2cccc(S(=O)(=O)[O-])c2)c2cccc(S(=O)(=O)[O-])c2)cc1.[Na+].[Na+]. The molecule has 0 N–H and O–H groups in total. The molecule has 0 aliphatic rings. The van der Waals surface area contributed by atoms with Gasteiger partial charge in [-0.3, -0.25) is 0 Å². The van der Waals surface area contributed by atoms with Gasteiger partial charge in [0.15, 0.2) is 0 Å². The van der Waals surface area contributed by atoms with Gasteiger partial charge in [0, 0.05) is 0 Å². The Morgan fingerprint density at radius 2 is 1.03 bits per heavy atom. The number of hydrogen-bond donors (Lipinski definition) is 0. The first kappa shape index (κ1) is 30.9. The Hall–Kier alpha value is -0.0900. The number of rotatable bonds is 5. The van der Waals surface area contributed by atoms with E-state index >= 15 is 0 Å². The van der Waals surface area contributed by atoms with Gasteiger partial charge in [-0.25, -0.2) is 16.8 Å². The normalized spacial score (nSPS) is 12.1. The van der Waals surface area contributed by atoms with E-state index in [0.717, 1.165) is 10.9 Å². The predicted molar refractivity (Wildman–Crippen MR) is 120 cm³/mol. The van der Waals surface area contributed by atoms with Crippen molar-refractivity contribution < 1.29 is 85.1 Å². The summed E-state index contributed by atoms with van der Waals surface area (Å²) in [7, 11) is -10.8. The summed E-state index contributed by atoms with van der Waals surface area (Å²) in [6, 6.07) is 19.1. The molecule has 3 rings (SSSR count). The molecule has 0 fully saturated rings. The van der Waals surface area contributed by atoms with Crippen molar-refractivity contribution in [1.29, 1.82) is 0 Å². The van der Waals surface area contributed by atoms with Crippen molar-refractivity contribution in [3.63, 3.8) is 0 Å². The zero-order valence-electron chi connectivity index (χ0n) is 19.1. The van der Waals surface area contributed by atoms with Crippen molar-refractivity contribution in [3.05, 3.63) is 78.4 Å². The second kappa shape index (κ2) is 11.8. The van der Waals surface area contributed by atoms with E-state index < -0.39 is 28.2 Å². The van der Waals surface area contributed by atoms with Gasteiger partial charge >= 0.3 is 59.1 Å². The van der Waals surface area contributed by atoms with Gasteiger partial charge in [-0.1, -0.05) is 69.3 Å². The monoisotopic (exact) mass is 522 g/mol. The molecule has 0 heterocycles. The molecule has 6 nitrogen and oxygen atoms in total. The van der Waals surface area contributed by atoms with Crippen LogP contribution in [0.2, 0.25) is 0 Å². The van der Waals surface area contributed by atoms with Crippen molar-refractivity contribution in [1.82, 2.24) is 0 Å². The Morgan fingerprint density at radius 3 is 1.36 bits per heavy atom. The second-order valence-electron chi connectivity index (χ2n) is 8.04. The number of hydrogen-bond acceptors (Lipinski definition) is 6. The van der Waals surface area contributed by atoms with Gasteiger partial charge < -0.3 is 9.11 Å². The Bertz CT molecular complexity index is 1240. The summed E-state index contributed by atoms with van der Waals surface area (Å²) in [6.45, 7) is 6.24. The topological polar surface area (TPSA) is 114 Å². The average Bonchev–Trinajstić information content (AvgIpc) is 2.67. The van der Waals surface area contributed by atoms with E-state index in [4.69, 9.17) is 0 Å². The summed E-state index contributed by atoms with van der Waals surface area (Å²) >= 11 is 0. The fourth-order valence-electron chi connectivity index (χ4n) is 3.11. The Morgan fingerprint density at radius 1 is 0.636 bits per heavy atom. The van der Waals surface area contributed by atoms with Crippen LogP contribution in [0.3, 0.4) is 0 Å². The van der Waals surface area contributed by atoms with E-state index in [9.17, 15) is 25.9 Å². The molecule has 0 aliphatic carbocycles. The minimum atomic E-state index is -4.67. The second-order valence-corrected chi connectivity index (χ2v) is 13.0. The minimum absolute atomic E-state index is 0. The van der Waals surface area contributed by atoms with E-state index in [1.807, 2.05) is 24.3 Å². The molecule has 11 heteroatoms. The summed E-state index contributed by atoms with van der Waals surface area (Å²) in [5.74, 6) is 0. The molecule has 0 radical (unpaired) electrons. The maximum atomic E-state index is 11.6. The van der Waals surface area contributed by atoms with Crippen LogP contribution in [0.4, 0.5) is 0 Å². The summed E-state index contributed by atoms with van der Waals surface area (Å²) in [5.41, 5.74) is 1.02. The van der Waals surface area contributed by atoms with Crippen LogP contribution in [-0.2, 0) is 25.7 Å². The van der Waals surface area contributed by atoms with Gasteiger partial charge in [0.2, 0.25) is 0 Å². The van der Waals surface area contributed by atoms with Gasteiger partial charge in [-0.05, 0) is 59.1 Å². The fourth-order valence-corrected chi connectivity index (χ4v) is 6.67. The average molecular weight is 522 g/mol. The van der Waals surface area contributed by atoms with Crippen molar-refractivity contribution in [2.75, 3.05) is 0 Å². The molecule has 3 aromatic rings. The van der Waals surface area contributed by atoms with E-state index in [1.165, 1.54) is 36.4 Å². The molecule has 0 spiro atoms. The summed E-state index contributed by atoms with van der Waals surface area (Å²) in [4.78, 5) is -0.729. The molecule has 0 saturated carbocycles. The Labute approximate surface area is 241 Å². The minimum Gasteiger partial charge on any atom is -0.744 e. The third-order valence-corrected chi connectivity index (χ3v) is 8.79. The smallest absolute Gasteiger partial charge is 0.744 e. The maximum Gasteiger partial charge on any atom is 1.00 e. The van der Waals surface area contributed by atoms with Gasteiger partial charge in [0.05, 0.1) is 9.79 Å². The largest absolute Gasteiger partial charge is 1.00 e. The maximum absolute atomic E-state index is 11.6. The molecule has 33 heavy (non-hydrogen) atoms. The first-order chi connectivity index (χ1) is 14.3. The van der Waals surface area contributed by atoms with E-state index in [-0.39, 0.29) is 74.3 Å². The Kier molecular flexibility index (Phi) is 11.0. The third kappa shape index (κ3) is 7.95. The first-order valence-electron chi connectivity index (χ1n) is 9.29. The van der Waals surface area contributed by atoms with Crippen molar-refractivity contribution in [2.24, 2.45) is 0 Å². The molecule has 0 aromatic heterocycles. The zero-order valence-corrected chi connectivity index (χ0v) is 25.7. The van der Waals surface area contributed by atoms with Crippen molar-refractivity contribution in [3.8, 4) is 0 Å². The van der Waals surface area contributed by atoms with Crippen molar-refractivity contribution >= 4 is 44.1 Å². The van der Waals surface area contributed by atoms with Gasteiger partial charge in [0.25, 0.3) is 0 Å². The fraction of sp³-hybridized carbons (Fsp3) is 0.182. The quantitative estimate of drug-likeness (QED) is 0.196. The standard InChI is InChI=1S/C22H23O6PS2.2Na/c1-22(2,3)16-10-12-17(13-11-16)29(18-6-4-8-20(14-18)30(23,24)25)19-7-5-9-21(15-19)31(26,27)28;;/h4-15H,1-3H3,(H,23,24,25)(H,26,27,28);;/q;2*+1/p-2. The Balaban J connectivity index is 0.00000272. The summed E-state index contributed by atoms with van der Waals surface area (Å²) < 4.78 is 69.3. The molecule has 0 saturated heterocycles. The molecule has 164 valence electrons. The van der Waals surface area contributed by atoms with Crippen LogP contribution in [0.25, 0.3) is 0 Å². The molecule has 0 aliphatic heterocycles.